The van der Waals surface area contributed by atoms with Crippen molar-refractivity contribution in [1.29, 1.82) is 0 Å². The summed E-state index contributed by atoms with van der Waals surface area (Å²) in [6.07, 6.45) is 2.49. The SMILES string of the molecule is COc1cccc(CS[C@H]2CCCOC2)c1. The van der Waals surface area contributed by atoms with E-state index in [1.165, 1.54) is 18.4 Å². The van der Waals surface area contributed by atoms with Crippen molar-refractivity contribution < 1.29 is 9.47 Å². The Morgan fingerprint density at radius 2 is 2.44 bits per heavy atom. The fourth-order valence-electron chi connectivity index (χ4n) is 1.82. The van der Waals surface area contributed by atoms with E-state index >= 15 is 0 Å². The molecule has 1 atom stereocenters. The second-order valence-electron chi connectivity index (χ2n) is 4.00. The molecule has 0 aromatic heterocycles. The molecule has 0 unspecified atom stereocenters. The second-order valence-corrected chi connectivity index (χ2v) is 5.29. The van der Waals surface area contributed by atoms with Gasteiger partial charge in [0.2, 0.25) is 0 Å². The molecule has 1 saturated heterocycles. The van der Waals surface area contributed by atoms with Gasteiger partial charge in [0.15, 0.2) is 0 Å². The molecule has 88 valence electrons. The van der Waals surface area contributed by atoms with Crippen LogP contribution >= 0.6 is 11.8 Å². The monoisotopic (exact) mass is 238 g/mol. The van der Waals surface area contributed by atoms with E-state index in [4.69, 9.17) is 9.47 Å². The van der Waals surface area contributed by atoms with Gasteiger partial charge in [-0.05, 0) is 30.5 Å². The molecule has 1 aliphatic heterocycles. The van der Waals surface area contributed by atoms with Gasteiger partial charge in [-0.1, -0.05) is 12.1 Å². The first kappa shape index (κ1) is 11.8. The first-order chi connectivity index (χ1) is 7.88. The Morgan fingerprint density at radius 3 is 3.19 bits per heavy atom. The first-order valence-corrected chi connectivity index (χ1v) is 6.75. The van der Waals surface area contributed by atoms with E-state index in [2.05, 4.69) is 12.1 Å². The quantitative estimate of drug-likeness (QED) is 0.803. The average Bonchev–Trinajstić information content (AvgIpc) is 2.38. The fourth-order valence-corrected chi connectivity index (χ4v) is 2.95. The van der Waals surface area contributed by atoms with Crippen LogP contribution in [0.2, 0.25) is 0 Å². The van der Waals surface area contributed by atoms with Crippen molar-refractivity contribution in [3.05, 3.63) is 29.8 Å². The molecule has 0 amide bonds. The van der Waals surface area contributed by atoms with Gasteiger partial charge < -0.3 is 9.47 Å². The lowest BCUT2D eigenvalue weighted by Gasteiger charge is -2.21. The second kappa shape index (κ2) is 6.16. The maximum atomic E-state index is 5.47. The summed E-state index contributed by atoms with van der Waals surface area (Å²) in [7, 11) is 1.71. The molecule has 0 bridgehead atoms. The Labute approximate surface area is 101 Å². The Morgan fingerprint density at radius 1 is 1.50 bits per heavy atom. The summed E-state index contributed by atoms with van der Waals surface area (Å²) in [5.41, 5.74) is 1.33. The summed E-state index contributed by atoms with van der Waals surface area (Å²) < 4.78 is 10.7. The smallest absolute Gasteiger partial charge is 0.119 e. The molecule has 16 heavy (non-hydrogen) atoms. The first-order valence-electron chi connectivity index (χ1n) is 5.71. The molecule has 1 aromatic carbocycles. The van der Waals surface area contributed by atoms with Crippen molar-refractivity contribution in [3.63, 3.8) is 0 Å². The maximum absolute atomic E-state index is 5.47. The Hall–Kier alpha value is -0.670. The maximum Gasteiger partial charge on any atom is 0.119 e. The van der Waals surface area contributed by atoms with Crippen LogP contribution in [0.1, 0.15) is 18.4 Å². The highest BCUT2D eigenvalue weighted by Crippen LogP contribution is 2.25. The standard InChI is InChI=1S/C13H18O2S/c1-14-12-5-2-4-11(8-12)10-16-13-6-3-7-15-9-13/h2,4-5,8,13H,3,6-7,9-10H2,1H3/t13-/m0/s1. The minimum Gasteiger partial charge on any atom is -0.497 e. The summed E-state index contributed by atoms with van der Waals surface area (Å²) in [6.45, 7) is 1.85. The minimum absolute atomic E-state index is 0.667. The van der Waals surface area contributed by atoms with Crippen molar-refractivity contribution in [2.24, 2.45) is 0 Å². The van der Waals surface area contributed by atoms with E-state index in [-0.39, 0.29) is 0 Å². The minimum atomic E-state index is 0.667. The zero-order valence-corrected chi connectivity index (χ0v) is 10.5. The van der Waals surface area contributed by atoms with Crippen LogP contribution in [0.4, 0.5) is 0 Å². The number of rotatable bonds is 4. The largest absolute Gasteiger partial charge is 0.497 e. The number of hydrogen-bond donors (Lipinski definition) is 0. The van der Waals surface area contributed by atoms with Crippen LogP contribution in [0.25, 0.3) is 0 Å². The van der Waals surface area contributed by atoms with E-state index in [0.717, 1.165) is 24.7 Å². The lowest BCUT2D eigenvalue weighted by molar-refractivity contribution is 0.101. The molecule has 0 saturated carbocycles. The van der Waals surface area contributed by atoms with Gasteiger partial charge in [-0.2, -0.15) is 11.8 Å². The molecule has 1 aliphatic rings. The van der Waals surface area contributed by atoms with Gasteiger partial charge in [0.05, 0.1) is 13.7 Å². The van der Waals surface area contributed by atoms with Crippen molar-refractivity contribution in [1.82, 2.24) is 0 Å². The summed E-state index contributed by atoms with van der Waals surface area (Å²) in [4.78, 5) is 0. The van der Waals surface area contributed by atoms with Gasteiger partial charge in [0.1, 0.15) is 5.75 Å². The third-order valence-electron chi connectivity index (χ3n) is 2.74. The molecule has 2 nitrogen and oxygen atoms in total. The molecule has 1 aromatic rings. The molecule has 0 aliphatic carbocycles. The van der Waals surface area contributed by atoms with Crippen LogP contribution < -0.4 is 4.74 Å². The lowest BCUT2D eigenvalue weighted by Crippen LogP contribution is -2.19. The van der Waals surface area contributed by atoms with Crippen LogP contribution in [0.3, 0.4) is 0 Å². The highest BCUT2D eigenvalue weighted by Gasteiger charge is 2.14. The predicted octanol–water partition coefficient (Wildman–Crippen LogP) is 3.11. The van der Waals surface area contributed by atoms with Crippen LogP contribution in [0.15, 0.2) is 24.3 Å². The van der Waals surface area contributed by atoms with Crippen molar-refractivity contribution in [2.45, 2.75) is 23.8 Å². The van der Waals surface area contributed by atoms with E-state index in [9.17, 15) is 0 Å². The predicted molar refractivity (Wildman–Crippen MR) is 68.1 cm³/mol. The zero-order chi connectivity index (χ0) is 11.2. The molecule has 3 heteroatoms. The van der Waals surface area contributed by atoms with E-state index < -0.39 is 0 Å². The molecule has 0 N–H and O–H groups in total. The van der Waals surface area contributed by atoms with E-state index in [0.29, 0.717) is 5.25 Å². The molecule has 1 heterocycles. The number of benzene rings is 1. The van der Waals surface area contributed by atoms with Crippen molar-refractivity contribution >= 4 is 11.8 Å². The summed E-state index contributed by atoms with van der Waals surface area (Å²) >= 11 is 1.99. The number of hydrogen-bond acceptors (Lipinski definition) is 3. The normalized spacial score (nSPS) is 20.7. The molecule has 0 radical (unpaired) electrons. The molecule has 0 spiro atoms. The highest BCUT2D eigenvalue weighted by atomic mass is 32.2. The van der Waals surface area contributed by atoms with Gasteiger partial charge in [-0.15, -0.1) is 0 Å². The highest BCUT2D eigenvalue weighted by molar-refractivity contribution is 7.99. The van der Waals surface area contributed by atoms with Crippen molar-refractivity contribution in [2.75, 3.05) is 20.3 Å². The van der Waals surface area contributed by atoms with Gasteiger partial charge in [-0.25, -0.2) is 0 Å². The van der Waals surface area contributed by atoms with Gasteiger partial charge >= 0.3 is 0 Å². The topological polar surface area (TPSA) is 18.5 Å². The summed E-state index contributed by atoms with van der Waals surface area (Å²) in [5, 5.41) is 0.667. The summed E-state index contributed by atoms with van der Waals surface area (Å²) in [6, 6.07) is 8.29. The molecular formula is C13H18O2S. The Balaban J connectivity index is 1.83. The Kier molecular flexibility index (Phi) is 4.55. The summed E-state index contributed by atoms with van der Waals surface area (Å²) in [5.74, 6) is 1.99. The lowest BCUT2D eigenvalue weighted by atomic mass is 10.2. The fraction of sp³-hybridized carbons (Fsp3) is 0.538. The zero-order valence-electron chi connectivity index (χ0n) is 9.65. The number of ether oxygens (including phenoxy) is 2. The third-order valence-corrected chi connectivity index (χ3v) is 4.08. The van der Waals surface area contributed by atoms with Crippen LogP contribution in [-0.2, 0) is 10.5 Å². The average molecular weight is 238 g/mol. The molecular weight excluding hydrogens is 220 g/mol. The van der Waals surface area contributed by atoms with Gasteiger partial charge in [-0.3, -0.25) is 0 Å². The van der Waals surface area contributed by atoms with Crippen LogP contribution in [0, 0.1) is 0 Å². The van der Waals surface area contributed by atoms with Gasteiger partial charge in [0.25, 0.3) is 0 Å². The van der Waals surface area contributed by atoms with Crippen molar-refractivity contribution in [3.8, 4) is 5.75 Å². The molecule has 1 fully saturated rings. The number of methoxy groups -OCH3 is 1. The van der Waals surface area contributed by atoms with E-state index in [1.54, 1.807) is 7.11 Å². The molecule has 2 rings (SSSR count). The Bertz CT molecular complexity index is 321. The van der Waals surface area contributed by atoms with E-state index in [1.807, 2.05) is 23.9 Å². The van der Waals surface area contributed by atoms with Crippen LogP contribution in [0.5, 0.6) is 5.75 Å². The third kappa shape index (κ3) is 3.42. The van der Waals surface area contributed by atoms with Crippen LogP contribution in [-0.4, -0.2) is 25.6 Å². The number of thioether (sulfide) groups is 1. The van der Waals surface area contributed by atoms with Gasteiger partial charge in [0, 0.05) is 17.6 Å².